The maximum Gasteiger partial charge on any atom is 0.341 e. The zero-order chi connectivity index (χ0) is 17.8. The number of aliphatic hydroxyl groups is 1. The molecule has 25 heavy (non-hydrogen) atoms. The SMILES string of the molecule is C#CC(O)COC(=O)c1c2ccccc2n2cc(OCC#N)ccc12. The van der Waals surface area contributed by atoms with Gasteiger partial charge in [-0.1, -0.05) is 24.1 Å². The average Bonchev–Trinajstić information content (AvgIpc) is 2.98. The van der Waals surface area contributed by atoms with Crippen LogP contribution in [0.2, 0.25) is 0 Å². The summed E-state index contributed by atoms with van der Waals surface area (Å²) in [6, 6.07) is 12.7. The van der Waals surface area contributed by atoms with Gasteiger partial charge in [0.1, 0.15) is 24.5 Å². The van der Waals surface area contributed by atoms with Gasteiger partial charge in [-0.05, 0) is 18.2 Å². The van der Waals surface area contributed by atoms with Gasteiger partial charge in [0.25, 0.3) is 0 Å². The lowest BCUT2D eigenvalue weighted by Crippen LogP contribution is -2.16. The largest absolute Gasteiger partial charge is 0.477 e. The number of carbonyl (C=O) groups excluding carboxylic acids is 1. The lowest BCUT2D eigenvalue weighted by molar-refractivity contribution is 0.0362. The van der Waals surface area contributed by atoms with E-state index in [1.165, 1.54) is 0 Å². The second-order valence-corrected chi connectivity index (χ2v) is 5.24. The number of rotatable bonds is 5. The highest BCUT2D eigenvalue weighted by atomic mass is 16.5. The lowest BCUT2D eigenvalue weighted by atomic mass is 10.1. The zero-order valence-corrected chi connectivity index (χ0v) is 13.2. The molecule has 1 unspecified atom stereocenters. The Hall–Kier alpha value is -3.48. The van der Waals surface area contributed by atoms with Crippen LogP contribution in [-0.4, -0.2) is 34.8 Å². The first-order valence-corrected chi connectivity index (χ1v) is 7.49. The van der Waals surface area contributed by atoms with E-state index < -0.39 is 12.1 Å². The molecule has 1 aromatic carbocycles. The topological polar surface area (TPSA) is 84.0 Å². The number of fused-ring (bicyclic) bond motifs is 3. The predicted octanol–water partition coefficient (Wildman–Crippen LogP) is 2.15. The molecule has 3 rings (SSSR count). The summed E-state index contributed by atoms with van der Waals surface area (Å²) in [7, 11) is 0. The summed E-state index contributed by atoms with van der Waals surface area (Å²) in [5.74, 6) is 2.04. The molecule has 0 saturated carbocycles. The highest BCUT2D eigenvalue weighted by molar-refractivity contribution is 6.11. The minimum atomic E-state index is -1.14. The van der Waals surface area contributed by atoms with Gasteiger partial charge in [-0.2, -0.15) is 5.26 Å². The number of terminal acetylenes is 1. The van der Waals surface area contributed by atoms with Crippen LogP contribution in [0.3, 0.4) is 0 Å². The first-order valence-electron chi connectivity index (χ1n) is 7.49. The van der Waals surface area contributed by atoms with E-state index >= 15 is 0 Å². The van der Waals surface area contributed by atoms with Gasteiger partial charge in [-0.15, -0.1) is 6.42 Å². The number of pyridine rings is 1. The van der Waals surface area contributed by atoms with Gasteiger partial charge in [0.2, 0.25) is 0 Å². The van der Waals surface area contributed by atoms with Crippen molar-refractivity contribution in [3.8, 4) is 24.2 Å². The molecular weight excluding hydrogens is 320 g/mol. The number of nitriles is 1. The van der Waals surface area contributed by atoms with E-state index in [1.807, 2.05) is 30.3 Å². The Morgan fingerprint density at radius 2 is 2.08 bits per heavy atom. The Bertz CT molecular complexity index is 1020. The highest BCUT2D eigenvalue weighted by Gasteiger charge is 2.20. The lowest BCUT2D eigenvalue weighted by Gasteiger charge is -2.07. The van der Waals surface area contributed by atoms with Gasteiger partial charge in [-0.25, -0.2) is 4.79 Å². The minimum absolute atomic E-state index is 0.0659. The third-order valence-electron chi connectivity index (χ3n) is 3.68. The molecule has 0 bridgehead atoms. The number of benzene rings is 1. The van der Waals surface area contributed by atoms with E-state index in [4.69, 9.17) is 21.2 Å². The third kappa shape index (κ3) is 3.12. The van der Waals surface area contributed by atoms with Crippen LogP contribution in [0.25, 0.3) is 16.4 Å². The van der Waals surface area contributed by atoms with Crippen molar-refractivity contribution in [2.45, 2.75) is 6.10 Å². The molecule has 124 valence electrons. The normalized spacial score (nSPS) is 11.6. The van der Waals surface area contributed by atoms with Crippen LogP contribution in [0.15, 0.2) is 42.6 Å². The van der Waals surface area contributed by atoms with Crippen molar-refractivity contribution in [3.05, 3.63) is 48.2 Å². The van der Waals surface area contributed by atoms with Crippen LogP contribution < -0.4 is 4.74 Å². The Balaban J connectivity index is 2.09. The standard InChI is InChI=1S/C19H14N2O4/c1-2-13(22)12-25-19(23)18-15-5-3-4-6-16(15)21-11-14(24-10-9-20)7-8-17(18)21/h1,3-8,11,13,22H,10,12H2. The molecule has 0 aliphatic rings. The Morgan fingerprint density at radius 1 is 1.28 bits per heavy atom. The van der Waals surface area contributed by atoms with Gasteiger partial charge in [0, 0.05) is 5.39 Å². The number of esters is 1. The van der Waals surface area contributed by atoms with E-state index in [0.717, 1.165) is 5.52 Å². The monoisotopic (exact) mass is 334 g/mol. The van der Waals surface area contributed by atoms with Crippen LogP contribution in [0.4, 0.5) is 0 Å². The molecule has 1 N–H and O–H groups in total. The number of hydrogen-bond acceptors (Lipinski definition) is 5. The van der Waals surface area contributed by atoms with Gasteiger partial charge in [-0.3, -0.25) is 0 Å². The molecule has 3 aromatic rings. The molecule has 0 saturated heterocycles. The van der Waals surface area contributed by atoms with E-state index in [1.54, 1.807) is 22.7 Å². The highest BCUT2D eigenvalue weighted by Crippen LogP contribution is 2.29. The first-order chi connectivity index (χ1) is 12.2. The second-order valence-electron chi connectivity index (χ2n) is 5.24. The minimum Gasteiger partial charge on any atom is -0.477 e. The van der Waals surface area contributed by atoms with Crippen LogP contribution in [-0.2, 0) is 4.74 Å². The Kier molecular flexibility index (Phi) is 4.56. The van der Waals surface area contributed by atoms with Crippen molar-refractivity contribution in [3.63, 3.8) is 0 Å². The molecule has 6 heteroatoms. The van der Waals surface area contributed by atoms with Crippen LogP contribution in [0.5, 0.6) is 5.75 Å². The summed E-state index contributed by atoms with van der Waals surface area (Å²) in [5.41, 5.74) is 1.81. The third-order valence-corrected chi connectivity index (χ3v) is 3.68. The van der Waals surface area contributed by atoms with E-state index in [0.29, 0.717) is 22.2 Å². The van der Waals surface area contributed by atoms with Crippen LogP contribution in [0, 0.1) is 23.7 Å². The van der Waals surface area contributed by atoms with Gasteiger partial charge >= 0.3 is 5.97 Å². The van der Waals surface area contributed by atoms with E-state index in [-0.39, 0.29) is 13.2 Å². The summed E-state index contributed by atoms with van der Waals surface area (Å²) in [5, 5.41) is 18.7. The quantitative estimate of drug-likeness (QED) is 0.571. The molecule has 6 nitrogen and oxygen atoms in total. The predicted molar refractivity (Wildman–Crippen MR) is 91.1 cm³/mol. The molecule has 1 atom stereocenters. The second kappa shape index (κ2) is 6.96. The van der Waals surface area contributed by atoms with E-state index in [2.05, 4.69) is 5.92 Å². The molecule has 2 aromatic heterocycles. The number of aromatic nitrogens is 1. The number of aliphatic hydroxyl groups excluding tert-OH is 1. The summed E-state index contributed by atoms with van der Waals surface area (Å²) >= 11 is 0. The molecule has 0 spiro atoms. The number of ether oxygens (including phenoxy) is 2. The fourth-order valence-corrected chi connectivity index (χ4v) is 2.61. The molecule has 2 heterocycles. The maximum absolute atomic E-state index is 12.5. The number of carbonyl (C=O) groups is 1. The summed E-state index contributed by atoms with van der Waals surface area (Å²) in [4.78, 5) is 12.5. The summed E-state index contributed by atoms with van der Waals surface area (Å²) < 4.78 is 12.3. The summed E-state index contributed by atoms with van der Waals surface area (Å²) in [6.45, 7) is -0.339. The van der Waals surface area contributed by atoms with Crippen molar-refractivity contribution in [2.75, 3.05) is 13.2 Å². The van der Waals surface area contributed by atoms with Gasteiger partial charge in [0.15, 0.2) is 6.61 Å². The van der Waals surface area contributed by atoms with Crippen LogP contribution in [0.1, 0.15) is 10.4 Å². The Morgan fingerprint density at radius 3 is 2.84 bits per heavy atom. The van der Waals surface area contributed by atoms with E-state index in [9.17, 15) is 9.90 Å². The number of hydrogen-bond donors (Lipinski definition) is 1. The van der Waals surface area contributed by atoms with Crippen molar-refractivity contribution < 1.29 is 19.4 Å². The number of nitrogens with zero attached hydrogens (tertiary/aromatic N) is 2. The fraction of sp³-hybridized carbons (Fsp3) is 0.158. The zero-order valence-electron chi connectivity index (χ0n) is 13.2. The number of para-hydroxylation sites is 1. The molecular formula is C19H14N2O4. The van der Waals surface area contributed by atoms with Crippen molar-refractivity contribution in [1.29, 1.82) is 5.26 Å². The molecule has 0 aliphatic carbocycles. The average molecular weight is 334 g/mol. The fourth-order valence-electron chi connectivity index (χ4n) is 2.61. The summed E-state index contributed by atoms with van der Waals surface area (Å²) in [6.07, 6.45) is 5.65. The molecule has 0 fully saturated rings. The van der Waals surface area contributed by atoms with Gasteiger partial charge < -0.3 is 19.0 Å². The smallest absolute Gasteiger partial charge is 0.341 e. The molecule has 0 aliphatic heterocycles. The van der Waals surface area contributed by atoms with Crippen LogP contribution >= 0.6 is 0 Å². The first kappa shape index (κ1) is 16.4. The van der Waals surface area contributed by atoms with Crippen molar-refractivity contribution >= 4 is 22.4 Å². The maximum atomic E-state index is 12.5. The van der Waals surface area contributed by atoms with Crippen molar-refractivity contribution in [1.82, 2.24) is 4.40 Å². The molecule has 0 amide bonds. The molecule has 0 radical (unpaired) electrons. The van der Waals surface area contributed by atoms with Crippen molar-refractivity contribution in [2.24, 2.45) is 0 Å². The van der Waals surface area contributed by atoms with Gasteiger partial charge in [0.05, 0.1) is 22.8 Å². The Labute approximate surface area is 143 Å².